The Balaban J connectivity index is 0.000000701. The number of fused-ring (bicyclic) bond motifs is 1. The lowest BCUT2D eigenvalue weighted by molar-refractivity contribution is -0.274. The summed E-state index contributed by atoms with van der Waals surface area (Å²) < 4.78 is 40.1. The topological polar surface area (TPSA) is 34.1 Å². The summed E-state index contributed by atoms with van der Waals surface area (Å²) in [5.74, 6) is 0.354. The highest BCUT2D eigenvalue weighted by Gasteiger charge is 2.30. The van der Waals surface area contributed by atoms with Crippen molar-refractivity contribution in [2.75, 3.05) is 5.32 Å². The Morgan fingerprint density at radius 2 is 1.56 bits per heavy atom. The number of ether oxygens (including phenoxy) is 1. The summed E-state index contributed by atoms with van der Waals surface area (Å²) in [6, 6.07) is 16.9. The Hall–Kier alpha value is -2.76. The minimum Gasteiger partial charge on any atom is -0.406 e. The van der Waals surface area contributed by atoms with E-state index in [0.717, 1.165) is 10.9 Å². The Morgan fingerprint density at radius 3 is 2.20 bits per heavy atom. The first-order chi connectivity index (χ1) is 11.9. The van der Waals surface area contributed by atoms with E-state index in [4.69, 9.17) is 0 Å². The molecule has 6 heteroatoms. The van der Waals surface area contributed by atoms with Gasteiger partial charge in [0.05, 0.1) is 5.52 Å². The molecule has 0 fully saturated rings. The normalized spacial score (nSPS) is 10.8. The number of para-hydroxylation sites is 1. The fourth-order valence-electron chi connectivity index (χ4n) is 2.02. The third-order valence-electron chi connectivity index (χ3n) is 2.96. The fraction of sp³-hybridized carbons (Fsp3) is 0.211. The molecule has 3 aromatic rings. The van der Waals surface area contributed by atoms with Crippen LogP contribution in [-0.2, 0) is 0 Å². The zero-order chi connectivity index (χ0) is 18.3. The van der Waals surface area contributed by atoms with Crippen LogP contribution in [0, 0.1) is 0 Å². The molecule has 0 saturated heterocycles. The minimum absolute atomic E-state index is 0.260. The van der Waals surface area contributed by atoms with Crippen LogP contribution in [0.3, 0.4) is 0 Å². The van der Waals surface area contributed by atoms with Crippen molar-refractivity contribution in [3.8, 4) is 5.75 Å². The first kappa shape index (κ1) is 18.6. The van der Waals surface area contributed by atoms with E-state index in [1.807, 2.05) is 36.4 Å². The maximum atomic E-state index is 12.1. The van der Waals surface area contributed by atoms with Crippen molar-refractivity contribution in [2.24, 2.45) is 0 Å². The van der Waals surface area contributed by atoms with Crippen molar-refractivity contribution >= 4 is 22.4 Å². The van der Waals surface area contributed by atoms with Crippen LogP contribution in [-0.4, -0.2) is 11.3 Å². The quantitative estimate of drug-likeness (QED) is 0.604. The molecule has 132 valence electrons. The Morgan fingerprint density at radius 1 is 0.920 bits per heavy atom. The van der Waals surface area contributed by atoms with Gasteiger partial charge >= 0.3 is 6.36 Å². The maximum absolute atomic E-state index is 12.1. The number of benzene rings is 2. The van der Waals surface area contributed by atoms with E-state index in [1.54, 1.807) is 0 Å². The molecule has 3 nitrogen and oxygen atoms in total. The van der Waals surface area contributed by atoms with E-state index in [-0.39, 0.29) is 5.75 Å². The first-order valence-electron chi connectivity index (χ1n) is 7.90. The monoisotopic (exact) mass is 348 g/mol. The number of rotatable bonds is 3. The molecule has 0 bridgehead atoms. The molecular weight excluding hydrogens is 329 g/mol. The van der Waals surface area contributed by atoms with E-state index in [1.165, 1.54) is 30.7 Å². The highest BCUT2D eigenvalue weighted by molar-refractivity contribution is 5.80. The van der Waals surface area contributed by atoms with Crippen LogP contribution >= 0.6 is 0 Å². The van der Waals surface area contributed by atoms with Gasteiger partial charge in [-0.15, -0.1) is 13.2 Å². The number of aromatic nitrogens is 1. The lowest BCUT2D eigenvalue weighted by Gasteiger charge is -2.10. The van der Waals surface area contributed by atoms with Crippen LogP contribution in [0.4, 0.5) is 24.7 Å². The second kappa shape index (κ2) is 8.37. The lowest BCUT2D eigenvalue weighted by atomic mass is 10.2. The molecule has 2 aromatic carbocycles. The van der Waals surface area contributed by atoms with Crippen molar-refractivity contribution < 1.29 is 17.9 Å². The molecular formula is C19H19F3N2O. The van der Waals surface area contributed by atoms with Crippen molar-refractivity contribution in [1.29, 1.82) is 0 Å². The number of hydrogen-bond donors (Lipinski definition) is 1. The van der Waals surface area contributed by atoms with Gasteiger partial charge in [-0.1, -0.05) is 38.5 Å². The molecule has 0 aliphatic heterocycles. The SMILES string of the molecule is CCC.FC(F)(F)Oc1ccc(Nc2ccc3ccccc3n2)cc1. The van der Waals surface area contributed by atoms with Gasteiger partial charge in [0.15, 0.2) is 0 Å². The fourth-order valence-corrected chi connectivity index (χ4v) is 2.02. The number of alkyl halides is 3. The largest absolute Gasteiger partial charge is 0.573 e. The number of nitrogens with zero attached hydrogens (tertiary/aromatic N) is 1. The van der Waals surface area contributed by atoms with Gasteiger partial charge in [-0.05, 0) is 42.5 Å². The average molecular weight is 348 g/mol. The van der Waals surface area contributed by atoms with Crippen molar-refractivity contribution in [3.63, 3.8) is 0 Å². The molecule has 0 unspecified atom stereocenters. The van der Waals surface area contributed by atoms with Gasteiger partial charge in [0.2, 0.25) is 0 Å². The van der Waals surface area contributed by atoms with E-state index in [9.17, 15) is 13.2 Å². The molecule has 0 atom stereocenters. The average Bonchev–Trinajstić information content (AvgIpc) is 2.56. The van der Waals surface area contributed by atoms with Gasteiger partial charge in [0, 0.05) is 11.1 Å². The Kier molecular flexibility index (Phi) is 6.22. The van der Waals surface area contributed by atoms with Crippen LogP contribution in [0.25, 0.3) is 10.9 Å². The number of halogens is 3. The summed E-state index contributed by atoms with van der Waals surface area (Å²) in [5.41, 5.74) is 1.46. The molecule has 0 amide bonds. The molecule has 0 aliphatic rings. The van der Waals surface area contributed by atoms with Gasteiger partial charge in [0.1, 0.15) is 11.6 Å². The number of anilines is 2. The molecule has 0 aliphatic carbocycles. The van der Waals surface area contributed by atoms with Crippen LogP contribution in [0.15, 0.2) is 60.7 Å². The molecule has 1 N–H and O–H groups in total. The molecule has 0 saturated carbocycles. The number of hydrogen-bond acceptors (Lipinski definition) is 3. The number of nitrogens with one attached hydrogen (secondary N) is 1. The van der Waals surface area contributed by atoms with Gasteiger partial charge in [-0.3, -0.25) is 0 Å². The minimum atomic E-state index is -4.69. The van der Waals surface area contributed by atoms with Crippen LogP contribution in [0.2, 0.25) is 0 Å². The Labute approximate surface area is 144 Å². The molecule has 25 heavy (non-hydrogen) atoms. The first-order valence-corrected chi connectivity index (χ1v) is 7.90. The standard InChI is InChI=1S/C16H11F3N2O.C3H8/c17-16(18,19)22-13-8-6-12(7-9-13)20-15-10-5-11-3-1-2-4-14(11)21-15;1-3-2/h1-10H,(H,20,21);3H2,1-2H3. The van der Waals surface area contributed by atoms with E-state index in [0.29, 0.717) is 11.5 Å². The van der Waals surface area contributed by atoms with Gasteiger partial charge in [-0.2, -0.15) is 0 Å². The zero-order valence-electron chi connectivity index (χ0n) is 14.0. The van der Waals surface area contributed by atoms with Crippen LogP contribution < -0.4 is 10.1 Å². The highest BCUT2D eigenvalue weighted by Crippen LogP contribution is 2.25. The summed E-state index contributed by atoms with van der Waals surface area (Å²) in [4.78, 5) is 4.43. The predicted molar refractivity (Wildman–Crippen MR) is 94.1 cm³/mol. The third-order valence-corrected chi connectivity index (χ3v) is 2.96. The molecule has 3 rings (SSSR count). The highest BCUT2D eigenvalue weighted by atomic mass is 19.4. The zero-order valence-corrected chi connectivity index (χ0v) is 14.0. The molecule has 1 heterocycles. The van der Waals surface area contributed by atoms with Crippen molar-refractivity contribution in [3.05, 3.63) is 60.7 Å². The maximum Gasteiger partial charge on any atom is 0.573 e. The van der Waals surface area contributed by atoms with Gasteiger partial charge in [0.25, 0.3) is 0 Å². The third kappa shape index (κ3) is 5.99. The Bertz CT molecular complexity index is 802. The van der Waals surface area contributed by atoms with Crippen LogP contribution in [0.5, 0.6) is 5.75 Å². The van der Waals surface area contributed by atoms with Crippen molar-refractivity contribution in [2.45, 2.75) is 26.6 Å². The summed E-state index contributed by atoms with van der Waals surface area (Å²) >= 11 is 0. The summed E-state index contributed by atoms with van der Waals surface area (Å²) in [7, 11) is 0. The number of pyridine rings is 1. The van der Waals surface area contributed by atoms with Crippen LogP contribution in [0.1, 0.15) is 20.3 Å². The van der Waals surface area contributed by atoms with Gasteiger partial charge in [-0.25, -0.2) is 4.98 Å². The molecule has 0 spiro atoms. The molecule has 1 aromatic heterocycles. The van der Waals surface area contributed by atoms with Crippen molar-refractivity contribution in [1.82, 2.24) is 4.98 Å². The smallest absolute Gasteiger partial charge is 0.406 e. The van der Waals surface area contributed by atoms with Gasteiger partial charge < -0.3 is 10.1 Å². The summed E-state index contributed by atoms with van der Waals surface area (Å²) in [6.07, 6.45) is -3.44. The molecule has 0 radical (unpaired) electrons. The van der Waals surface area contributed by atoms with E-state index < -0.39 is 6.36 Å². The van der Waals surface area contributed by atoms with E-state index >= 15 is 0 Å². The predicted octanol–water partition coefficient (Wildman–Crippen LogP) is 6.29. The second-order valence-corrected chi connectivity index (χ2v) is 5.29. The van der Waals surface area contributed by atoms with E-state index in [2.05, 4.69) is 28.9 Å². The second-order valence-electron chi connectivity index (χ2n) is 5.29. The lowest BCUT2D eigenvalue weighted by Crippen LogP contribution is -2.16. The summed E-state index contributed by atoms with van der Waals surface area (Å²) in [5, 5.41) is 4.05. The summed E-state index contributed by atoms with van der Waals surface area (Å²) in [6.45, 7) is 4.25.